The number of aliphatic hydroxyl groups is 1. The van der Waals surface area contributed by atoms with Gasteiger partial charge in [0.15, 0.2) is 0 Å². The van der Waals surface area contributed by atoms with Crippen molar-refractivity contribution < 1.29 is 5.11 Å². The van der Waals surface area contributed by atoms with Crippen molar-refractivity contribution in [1.82, 2.24) is 0 Å². The minimum absolute atomic E-state index is 0.00661. The maximum atomic E-state index is 9.90. The van der Waals surface area contributed by atoms with Crippen LogP contribution in [0.2, 0.25) is 0 Å². The molecule has 0 heterocycles. The molecule has 0 aromatic carbocycles. The van der Waals surface area contributed by atoms with Crippen molar-refractivity contribution in [1.29, 1.82) is 0 Å². The molecule has 0 aliphatic heterocycles. The van der Waals surface area contributed by atoms with Crippen molar-refractivity contribution in [2.75, 3.05) is 0 Å². The van der Waals surface area contributed by atoms with Crippen LogP contribution in [0.4, 0.5) is 0 Å². The van der Waals surface area contributed by atoms with Gasteiger partial charge in [-0.25, -0.2) is 0 Å². The third kappa shape index (κ3) is 1.95. The molecule has 3 saturated carbocycles. The predicted molar refractivity (Wildman–Crippen MR) is 70.7 cm³/mol. The molecule has 17 heavy (non-hydrogen) atoms. The van der Waals surface area contributed by atoms with Crippen LogP contribution in [0, 0.1) is 29.1 Å². The summed E-state index contributed by atoms with van der Waals surface area (Å²) in [6, 6.07) is 0. The summed E-state index contributed by atoms with van der Waals surface area (Å²) in [5.41, 5.74) is 0.572. The van der Waals surface area contributed by atoms with Gasteiger partial charge in [-0.05, 0) is 74.0 Å². The van der Waals surface area contributed by atoms with E-state index in [9.17, 15) is 5.11 Å². The average Bonchev–Trinajstić information content (AvgIpc) is 2.30. The predicted octanol–water partition coefficient (Wildman–Crippen LogP) is 4.00. The Bertz CT molecular complexity index is 287. The largest absolute Gasteiger partial charge is 0.393 e. The first-order valence-electron chi connectivity index (χ1n) is 7.77. The molecular formula is C16H28O. The fourth-order valence-corrected chi connectivity index (χ4v) is 5.43. The first-order valence-corrected chi connectivity index (χ1v) is 7.77. The van der Waals surface area contributed by atoms with Crippen LogP contribution < -0.4 is 0 Å². The Morgan fingerprint density at radius 1 is 1.00 bits per heavy atom. The van der Waals surface area contributed by atoms with E-state index in [1.165, 1.54) is 38.5 Å². The Morgan fingerprint density at radius 2 is 1.82 bits per heavy atom. The standard InChI is InChI=1S/C16H28O/c1-11-3-6-15-12(9-11)4-5-13-10-14(17)7-8-16(13,15)2/h11-15,17H,3-10H2,1-2H3. The molecule has 0 aromatic heterocycles. The lowest BCUT2D eigenvalue weighted by Crippen LogP contribution is -2.49. The van der Waals surface area contributed by atoms with Gasteiger partial charge in [0.2, 0.25) is 0 Å². The van der Waals surface area contributed by atoms with E-state index in [-0.39, 0.29) is 6.10 Å². The topological polar surface area (TPSA) is 20.2 Å². The van der Waals surface area contributed by atoms with Crippen LogP contribution in [0.5, 0.6) is 0 Å². The summed E-state index contributed by atoms with van der Waals surface area (Å²) in [4.78, 5) is 0. The number of aliphatic hydroxyl groups excluding tert-OH is 1. The zero-order valence-corrected chi connectivity index (χ0v) is 11.5. The normalized spacial score (nSPS) is 54.9. The van der Waals surface area contributed by atoms with Crippen LogP contribution in [-0.2, 0) is 0 Å². The van der Waals surface area contributed by atoms with Crippen molar-refractivity contribution >= 4 is 0 Å². The van der Waals surface area contributed by atoms with Gasteiger partial charge in [-0.15, -0.1) is 0 Å². The molecule has 6 atom stereocenters. The minimum atomic E-state index is 0.00661. The summed E-state index contributed by atoms with van der Waals surface area (Å²) in [6.45, 7) is 4.99. The summed E-state index contributed by atoms with van der Waals surface area (Å²) in [5, 5.41) is 9.90. The lowest BCUT2D eigenvalue weighted by atomic mass is 9.49. The Balaban J connectivity index is 1.80. The summed E-state index contributed by atoms with van der Waals surface area (Å²) in [7, 11) is 0. The van der Waals surface area contributed by atoms with E-state index in [1.54, 1.807) is 0 Å². The molecular weight excluding hydrogens is 208 g/mol. The van der Waals surface area contributed by atoms with Crippen molar-refractivity contribution in [3.05, 3.63) is 0 Å². The van der Waals surface area contributed by atoms with E-state index < -0.39 is 0 Å². The van der Waals surface area contributed by atoms with Gasteiger partial charge < -0.3 is 5.11 Å². The van der Waals surface area contributed by atoms with Gasteiger partial charge in [-0.1, -0.05) is 20.3 Å². The molecule has 6 unspecified atom stereocenters. The third-order valence-electron chi connectivity index (χ3n) is 6.48. The Labute approximate surface area is 106 Å². The smallest absolute Gasteiger partial charge is 0.0543 e. The first-order chi connectivity index (χ1) is 8.09. The highest BCUT2D eigenvalue weighted by Crippen LogP contribution is 2.59. The molecule has 3 rings (SSSR count). The zero-order chi connectivity index (χ0) is 12.0. The van der Waals surface area contributed by atoms with Gasteiger partial charge in [0.25, 0.3) is 0 Å². The molecule has 3 aliphatic carbocycles. The quantitative estimate of drug-likeness (QED) is 0.674. The van der Waals surface area contributed by atoms with E-state index in [0.29, 0.717) is 5.41 Å². The average molecular weight is 236 g/mol. The Hall–Kier alpha value is -0.0400. The first kappa shape index (κ1) is 12.0. The van der Waals surface area contributed by atoms with E-state index >= 15 is 0 Å². The molecule has 1 heteroatoms. The maximum absolute atomic E-state index is 9.90. The summed E-state index contributed by atoms with van der Waals surface area (Å²) in [6.07, 6.45) is 10.7. The van der Waals surface area contributed by atoms with Crippen molar-refractivity contribution in [2.45, 2.75) is 71.3 Å². The number of hydrogen-bond acceptors (Lipinski definition) is 1. The van der Waals surface area contributed by atoms with Crippen molar-refractivity contribution in [2.24, 2.45) is 29.1 Å². The van der Waals surface area contributed by atoms with Crippen LogP contribution in [-0.4, -0.2) is 11.2 Å². The molecule has 3 fully saturated rings. The minimum Gasteiger partial charge on any atom is -0.393 e. The highest BCUT2D eigenvalue weighted by atomic mass is 16.3. The van der Waals surface area contributed by atoms with Gasteiger partial charge in [0.1, 0.15) is 0 Å². The van der Waals surface area contributed by atoms with Crippen LogP contribution in [0.25, 0.3) is 0 Å². The van der Waals surface area contributed by atoms with Crippen LogP contribution in [0.15, 0.2) is 0 Å². The van der Waals surface area contributed by atoms with E-state index in [2.05, 4.69) is 13.8 Å². The highest BCUT2D eigenvalue weighted by molar-refractivity contribution is 5.01. The molecule has 0 saturated heterocycles. The Kier molecular flexibility index (Phi) is 3.01. The molecule has 1 N–H and O–H groups in total. The fourth-order valence-electron chi connectivity index (χ4n) is 5.43. The van der Waals surface area contributed by atoms with E-state index in [1.807, 2.05) is 0 Å². The second-order valence-corrected chi connectivity index (χ2v) is 7.49. The van der Waals surface area contributed by atoms with Gasteiger partial charge in [-0.2, -0.15) is 0 Å². The summed E-state index contributed by atoms with van der Waals surface area (Å²) < 4.78 is 0. The van der Waals surface area contributed by atoms with Crippen LogP contribution in [0.1, 0.15) is 65.2 Å². The van der Waals surface area contributed by atoms with Crippen molar-refractivity contribution in [3.8, 4) is 0 Å². The van der Waals surface area contributed by atoms with Crippen LogP contribution in [0.3, 0.4) is 0 Å². The van der Waals surface area contributed by atoms with Crippen LogP contribution >= 0.6 is 0 Å². The lowest BCUT2D eigenvalue weighted by Gasteiger charge is -2.57. The molecule has 0 aromatic rings. The zero-order valence-electron chi connectivity index (χ0n) is 11.5. The van der Waals surface area contributed by atoms with Crippen molar-refractivity contribution in [3.63, 3.8) is 0 Å². The summed E-state index contributed by atoms with van der Waals surface area (Å²) >= 11 is 0. The number of rotatable bonds is 0. The Morgan fingerprint density at radius 3 is 2.65 bits per heavy atom. The van der Waals surface area contributed by atoms with Gasteiger partial charge in [0.05, 0.1) is 6.10 Å². The lowest BCUT2D eigenvalue weighted by molar-refractivity contribution is -0.0896. The monoisotopic (exact) mass is 236 g/mol. The van der Waals surface area contributed by atoms with E-state index in [4.69, 9.17) is 0 Å². The fraction of sp³-hybridized carbons (Fsp3) is 1.00. The SMILES string of the molecule is CC1CCC2C(CCC3CC(O)CCC32C)C1. The molecule has 0 amide bonds. The molecule has 3 aliphatic rings. The van der Waals surface area contributed by atoms with Gasteiger partial charge in [0, 0.05) is 0 Å². The van der Waals surface area contributed by atoms with E-state index in [0.717, 1.165) is 36.5 Å². The van der Waals surface area contributed by atoms with Gasteiger partial charge >= 0.3 is 0 Å². The highest BCUT2D eigenvalue weighted by Gasteiger charge is 2.51. The second kappa shape index (κ2) is 4.26. The molecule has 0 bridgehead atoms. The molecule has 0 spiro atoms. The molecule has 98 valence electrons. The second-order valence-electron chi connectivity index (χ2n) is 7.49. The number of hydrogen-bond donors (Lipinski definition) is 1. The van der Waals surface area contributed by atoms with Gasteiger partial charge in [-0.3, -0.25) is 0 Å². The molecule has 0 radical (unpaired) electrons. The maximum Gasteiger partial charge on any atom is 0.0543 e. The third-order valence-corrected chi connectivity index (χ3v) is 6.48. The number of fused-ring (bicyclic) bond motifs is 3. The summed E-state index contributed by atoms with van der Waals surface area (Å²) in [5.74, 6) is 3.77. The molecule has 1 nitrogen and oxygen atoms in total.